The summed E-state index contributed by atoms with van der Waals surface area (Å²) < 4.78 is 0. The molecular weight excluding hydrogens is 200 g/mol. The minimum atomic E-state index is 0.122. The molecule has 0 saturated heterocycles. The Hall–Kier alpha value is -0.640. The van der Waals surface area contributed by atoms with E-state index in [4.69, 9.17) is 0 Å². The van der Waals surface area contributed by atoms with Crippen molar-refractivity contribution >= 4 is 0 Å². The lowest BCUT2D eigenvalue weighted by molar-refractivity contribution is 0.0907. The van der Waals surface area contributed by atoms with E-state index in [1.807, 2.05) is 13.1 Å². The summed E-state index contributed by atoms with van der Waals surface area (Å²) in [7, 11) is 2.04. The summed E-state index contributed by atoms with van der Waals surface area (Å²) in [6, 6.07) is 0.787. The van der Waals surface area contributed by atoms with Crippen molar-refractivity contribution < 1.29 is 5.11 Å². The Morgan fingerprint density at radius 1 is 1.62 bits per heavy atom. The van der Waals surface area contributed by atoms with Crippen molar-refractivity contribution in [1.29, 1.82) is 0 Å². The van der Waals surface area contributed by atoms with Gasteiger partial charge in [-0.25, -0.2) is 5.01 Å². The van der Waals surface area contributed by atoms with Crippen LogP contribution in [0.4, 0.5) is 0 Å². The minimum Gasteiger partial charge on any atom is -0.396 e. The van der Waals surface area contributed by atoms with Crippen molar-refractivity contribution in [2.75, 3.05) is 13.7 Å². The smallest absolute Gasteiger partial charge is 0.0509 e. The van der Waals surface area contributed by atoms with E-state index in [9.17, 15) is 5.11 Å². The first-order valence-electron chi connectivity index (χ1n) is 6.06. The summed E-state index contributed by atoms with van der Waals surface area (Å²) in [5.41, 5.74) is 3.49. The van der Waals surface area contributed by atoms with Crippen LogP contribution in [-0.4, -0.2) is 35.9 Å². The molecule has 3 heteroatoms. The van der Waals surface area contributed by atoms with Gasteiger partial charge in [0, 0.05) is 25.0 Å². The second-order valence-electron chi connectivity index (χ2n) is 4.54. The van der Waals surface area contributed by atoms with Crippen molar-refractivity contribution in [3.05, 3.63) is 24.8 Å². The van der Waals surface area contributed by atoms with E-state index in [0.717, 1.165) is 12.8 Å². The molecule has 0 saturated carbocycles. The lowest BCUT2D eigenvalue weighted by Gasteiger charge is -2.33. The van der Waals surface area contributed by atoms with E-state index < -0.39 is 0 Å². The number of hydrazine groups is 1. The lowest BCUT2D eigenvalue weighted by Crippen LogP contribution is -2.49. The second-order valence-corrected chi connectivity index (χ2v) is 4.54. The van der Waals surface area contributed by atoms with E-state index in [-0.39, 0.29) is 18.6 Å². The summed E-state index contributed by atoms with van der Waals surface area (Å²) in [5, 5.41) is 11.3. The van der Waals surface area contributed by atoms with E-state index in [2.05, 4.69) is 36.1 Å². The molecule has 0 amide bonds. The van der Waals surface area contributed by atoms with Crippen LogP contribution in [0.1, 0.15) is 26.2 Å². The number of allylic oxidation sites excluding steroid dienone is 1. The molecule has 0 bridgehead atoms. The fourth-order valence-corrected chi connectivity index (χ4v) is 2.03. The van der Waals surface area contributed by atoms with Gasteiger partial charge in [0.15, 0.2) is 0 Å². The van der Waals surface area contributed by atoms with Crippen molar-refractivity contribution in [3.8, 4) is 0 Å². The van der Waals surface area contributed by atoms with Gasteiger partial charge in [0.25, 0.3) is 0 Å². The van der Waals surface area contributed by atoms with Crippen molar-refractivity contribution in [1.82, 2.24) is 10.4 Å². The van der Waals surface area contributed by atoms with Gasteiger partial charge < -0.3 is 5.11 Å². The summed E-state index contributed by atoms with van der Waals surface area (Å²) in [6.07, 6.45) is 9.73. The first kappa shape index (κ1) is 13.4. The maximum atomic E-state index is 9.21. The highest BCUT2D eigenvalue weighted by molar-refractivity contribution is 4.93. The predicted molar refractivity (Wildman–Crippen MR) is 67.9 cm³/mol. The third-order valence-corrected chi connectivity index (χ3v) is 3.40. The number of hydrogen-bond donors (Lipinski definition) is 2. The quantitative estimate of drug-likeness (QED) is 0.532. The number of aliphatic hydroxyl groups excluding tert-OH is 1. The van der Waals surface area contributed by atoms with Crippen LogP contribution in [0.5, 0.6) is 0 Å². The van der Waals surface area contributed by atoms with Crippen LogP contribution < -0.4 is 5.43 Å². The summed E-state index contributed by atoms with van der Waals surface area (Å²) in [5.74, 6) is 0.122. The van der Waals surface area contributed by atoms with E-state index >= 15 is 0 Å². The Balaban J connectivity index is 2.40. The minimum absolute atomic E-state index is 0.122. The maximum absolute atomic E-state index is 9.21. The molecule has 0 aromatic carbocycles. The van der Waals surface area contributed by atoms with Crippen molar-refractivity contribution in [3.63, 3.8) is 0 Å². The zero-order valence-corrected chi connectivity index (χ0v) is 10.4. The molecule has 0 aromatic rings. The number of nitrogens with one attached hydrogen (secondary N) is 1. The molecule has 1 aliphatic carbocycles. The third kappa shape index (κ3) is 3.74. The first-order valence-corrected chi connectivity index (χ1v) is 6.06. The Morgan fingerprint density at radius 2 is 2.38 bits per heavy atom. The Morgan fingerprint density at radius 3 is 2.88 bits per heavy atom. The molecule has 0 fully saturated rings. The summed E-state index contributed by atoms with van der Waals surface area (Å²) in [6.45, 7) is 6.02. The van der Waals surface area contributed by atoms with Crippen molar-refractivity contribution in [2.45, 2.75) is 38.3 Å². The van der Waals surface area contributed by atoms with Gasteiger partial charge in [0.05, 0.1) is 6.61 Å². The average Bonchev–Trinajstić information content (AvgIpc) is 2.31. The molecule has 2 unspecified atom stereocenters. The molecule has 3 atom stereocenters. The van der Waals surface area contributed by atoms with Crippen LogP contribution in [0.25, 0.3) is 0 Å². The van der Waals surface area contributed by atoms with E-state index in [1.54, 1.807) is 0 Å². The molecule has 0 aromatic heterocycles. The van der Waals surface area contributed by atoms with Gasteiger partial charge in [0.2, 0.25) is 0 Å². The van der Waals surface area contributed by atoms with Gasteiger partial charge in [-0.2, -0.15) is 0 Å². The molecule has 92 valence electrons. The SMILES string of the molecule is C=CC(CO)[C@H](C)N(C)NC1CC=CCC1. The van der Waals surface area contributed by atoms with Gasteiger partial charge in [-0.3, -0.25) is 5.43 Å². The number of aliphatic hydroxyl groups is 1. The molecule has 0 spiro atoms. The Bertz CT molecular complexity index is 240. The average molecular weight is 224 g/mol. The molecule has 0 heterocycles. The van der Waals surface area contributed by atoms with Gasteiger partial charge in [-0.05, 0) is 26.2 Å². The Labute approximate surface area is 98.8 Å². The van der Waals surface area contributed by atoms with Crippen LogP contribution >= 0.6 is 0 Å². The second kappa shape index (κ2) is 6.84. The van der Waals surface area contributed by atoms with Gasteiger partial charge >= 0.3 is 0 Å². The molecule has 16 heavy (non-hydrogen) atoms. The molecule has 2 N–H and O–H groups in total. The monoisotopic (exact) mass is 224 g/mol. The normalized spacial score (nSPS) is 24.4. The van der Waals surface area contributed by atoms with Gasteiger partial charge in [-0.1, -0.05) is 18.2 Å². The first-order chi connectivity index (χ1) is 7.69. The highest BCUT2D eigenvalue weighted by atomic mass is 16.3. The highest BCUT2D eigenvalue weighted by Gasteiger charge is 2.20. The predicted octanol–water partition coefficient (Wildman–Crippen LogP) is 1.71. The summed E-state index contributed by atoms with van der Waals surface area (Å²) >= 11 is 0. The topological polar surface area (TPSA) is 35.5 Å². The zero-order valence-electron chi connectivity index (χ0n) is 10.4. The largest absolute Gasteiger partial charge is 0.396 e. The van der Waals surface area contributed by atoms with Gasteiger partial charge in [-0.15, -0.1) is 6.58 Å². The fraction of sp³-hybridized carbons (Fsp3) is 0.692. The fourth-order valence-electron chi connectivity index (χ4n) is 2.03. The Kier molecular flexibility index (Phi) is 5.74. The maximum Gasteiger partial charge on any atom is 0.0509 e. The van der Waals surface area contributed by atoms with Crippen LogP contribution in [0.3, 0.4) is 0 Å². The van der Waals surface area contributed by atoms with Gasteiger partial charge in [0.1, 0.15) is 0 Å². The molecule has 3 nitrogen and oxygen atoms in total. The third-order valence-electron chi connectivity index (χ3n) is 3.40. The molecule has 0 aliphatic heterocycles. The van der Waals surface area contributed by atoms with Crippen molar-refractivity contribution in [2.24, 2.45) is 5.92 Å². The number of hydrogen-bond acceptors (Lipinski definition) is 3. The van der Waals surface area contributed by atoms with E-state index in [1.165, 1.54) is 6.42 Å². The van der Waals surface area contributed by atoms with Crippen LogP contribution in [0, 0.1) is 5.92 Å². The lowest BCUT2D eigenvalue weighted by atomic mass is 10.0. The molecule has 1 rings (SSSR count). The summed E-state index contributed by atoms with van der Waals surface area (Å²) in [4.78, 5) is 0. The molecule has 0 radical (unpaired) electrons. The number of rotatable bonds is 6. The van der Waals surface area contributed by atoms with Crippen LogP contribution in [-0.2, 0) is 0 Å². The number of nitrogens with zero attached hydrogens (tertiary/aromatic N) is 1. The molecular formula is C13H24N2O. The zero-order chi connectivity index (χ0) is 12.0. The standard InChI is InChI=1S/C13H24N2O/c1-4-12(10-16)11(2)15(3)14-13-8-6-5-7-9-13/h4-6,11-14,16H,1,7-10H2,2-3H3/t11-,12?,13?/m0/s1. The highest BCUT2D eigenvalue weighted by Crippen LogP contribution is 2.14. The molecule has 1 aliphatic rings. The van der Waals surface area contributed by atoms with Crippen LogP contribution in [0.2, 0.25) is 0 Å². The van der Waals surface area contributed by atoms with Crippen LogP contribution in [0.15, 0.2) is 24.8 Å². The van der Waals surface area contributed by atoms with E-state index in [0.29, 0.717) is 6.04 Å².